The SMILES string of the molecule is COc1cccc(CCNC(=O)NCC(O)c2ccc(F)cc2)c1. The molecule has 2 aromatic rings. The predicted octanol–water partition coefficient (Wildman–Crippen LogP) is 2.41. The van der Waals surface area contributed by atoms with Crippen LogP contribution in [0.15, 0.2) is 48.5 Å². The molecule has 1 atom stereocenters. The molecule has 6 heteroatoms. The number of ether oxygens (including phenoxy) is 1. The van der Waals surface area contributed by atoms with Crippen molar-refractivity contribution in [2.45, 2.75) is 12.5 Å². The number of aliphatic hydroxyl groups excluding tert-OH is 1. The van der Waals surface area contributed by atoms with E-state index in [0.717, 1.165) is 11.3 Å². The molecule has 0 aliphatic heterocycles. The Hall–Kier alpha value is -2.60. The number of halogens is 1. The molecule has 2 aromatic carbocycles. The first-order valence-corrected chi connectivity index (χ1v) is 7.66. The highest BCUT2D eigenvalue weighted by atomic mass is 19.1. The van der Waals surface area contributed by atoms with E-state index in [0.29, 0.717) is 18.5 Å². The fraction of sp³-hybridized carbons (Fsp3) is 0.278. The van der Waals surface area contributed by atoms with Crippen LogP contribution < -0.4 is 15.4 Å². The van der Waals surface area contributed by atoms with Gasteiger partial charge in [0.15, 0.2) is 0 Å². The number of aliphatic hydroxyl groups is 1. The maximum atomic E-state index is 12.8. The van der Waals surface area contributed by atoms with Crippen molar-refractivity contribution in [3.63, 3.8) is 0 Å². The topological polar surface area (TPSA) is 70.6 Å². The van der Waals surface area contributed by atoms with Crippen LogP contribution in [0.1, 0.15) is 17.2 Å². The Morgan fingerprint density at radius 1 is 1.21 bits per heavy atom. The van der Waals surface area contributed by atoms with Gasteiger partial charge in [-0.3, -0.25) is 0 Å². The van der Waals surface area contributed by atoms with Gasteiger partial charge in [0.1, 0.15) is 11.6 Å². The van der Waals surface area contributed by atoms with Gasteiger partial charge in [-0.15, -0.1) is 0 Å². The summed E-state index contributed by atoms with van der Waals surface area (Å²) in [6.07, 6.45) is -0.208. The minimum absolute atomic E-state index is 0.0522. The Morgan fingerprint density at radius 2 is 1.96 bits per heavy atom. The molecule has 2 amide bonds. The van der Waals surface area contributed by atoms with Crippen LogP contribution in [0.25, 0.3) is 0 Å². The lowest BCUT2D eigenvalue weighted by molar-refractivity contribution is 0.173. The van der Waals surface area contributed by atoms with E-state index in [9.17, 15) is 14.3 Å². The highest BCUT2D eigenvalue weighted by Crippen LogP contribution is 2.13. The number of benzene rings is 2. The third-order valence-electron chi connectivity index (χ3n) is 3.54. The van der Waals surface area contributed by atoms with Crippen LogP contribution >= 0.6 is 0 Å². The number of methoxy groups -OCH3 is 1. The minimum atomic E-state index is -0.880. The number of hydrogen-bond donors (Lipinski definition) is 3. The van der Waals surface area contributed by atoms with Crippen LogP contribution in [0.4, 0.5) is 9.18 Å². The van der Waals surface area contributed by atoms with E-state index < -0.39 is 6.10 Å². The van der Waals surface area contributed by atoms with Gasteiger partial charge in [-0.2, -0.15) is 0 Å². The van der Waals surface area contributed by atoms with Gasteiger partial charge in [0.2, 0.25) is 0 Å². The molecule has 0 saturated heterocycles. The molecule has 0 spiro atoms. The summed E-state index contributed by atoms with van der Waals surface area (Å²) in [5, 5.41) is 15.3. The first-order chi connectivity index (χ1) is 11.6. The van der Waals surface area contributed by atoms with Crippen LogP contribution in [0.2, 0.25) is 0 Å². The van der Waals surface area contributed by atoms with Crippen molar-refractivity contribution in [3.05, 3.63) is 65.5 Å². The van der Waals surface area contributed by atoms with Crippen molar-refractivity contribution in [2.75, 3.05) is 20.2 Å². The second-order valence-corrected chi connectivity index (χ2v) is 5.31. The summed E-state index contributed by atoms with van der Waals surface area (Å²) in [4.78, 5) is 11.7. The molecular formula is C18H21FN2O3. The average Bonchev–Trinajstić information content (AvgIpc) is 2.60. The first-order valence-electron chi connectivity index (χ1n) is 7.66. The third-order valence-corrected chi connectivity index (χ3v) is 3.54. The maximum Gasteiger partial charge on any atom is 0.314 e. The Bertz CT molecular complexity index is 662. The molecule has 0 radical (unpaired) electrons. The predicted molar refractivity (Wildman–Crippen MR) is 89.5 cm³/mol. The molecule has 3 N–H and O–H groups in total. The molecular weight excluding hydrogens is 311 g/mol. The standard InChI is InChI=1S/C18H21FN2O3/c1-24-16-4-2-3-13(11-16)9-10-20-18(23)21-12-17(22)14-5-7-15(19)8-6-14/h2-8,11,17,22H,9-10,12H2,1H3,(H2,20,21,23). The highest BCUT2D eigenvalue weighted by molar-refractivity contribution is 5.73. The molecule has 0 heterocycles. The normalized spacial score (nSPS) is 11.6. The molecule has 0 bridgehead atoms. The maximum absolute atomic E-state index is 12.8. The smallest absolute Gasteiger partial charge is 0.314 e. The van der Waals surface area contributed by atoms with Crippen molar-refractivity contribution in [3.8, 4) is 5.75 Å². The molecule has 0 aromatic heterocycles. The lowest BCUT2D eigenvalue weighted by atomic mass is 10.1. The van der Waals surface area contributed by atoms with E-state index in [2.05, 4.69) is 10.6 Å². The number of carbonyl (C=O) groups is 1. The fourth-order valence-electron chi connectivity index (χ4n) is 2.20. The van der Waals surface area contributed by atoms with Crippen LogP contribution in [-0.2, 0) is 6.42 Å². The summed E-state index contributed by atoms with van der Waals surface area (Å²) in [6, 6.07) is 12.8. The molecule has 1 unspecified atom stereocenters. The largest absolute Gasteiger partial charge is 0.497 e. The number of carbonyl (C=O) groups excluding carboxylic acids is 1. The molecule has 128 valence electrons. The van der Waals surface area contributed by atoms with Crippen molar-refractivity contribution in [2.24, 2.45) is 0 Å². The molecule has 0 aliphatic carbocycles. The highest BCUT2D eigenvalue weighted by Gasteiger charge is 2.09. The summed E-state index contributed by atoms with van der Waals surface area (Å²) in [5.74, 6) is 0.411. The van der Waals surface area contributed by atoms with Crippen molar-refractivity contribution in [1.29, 1.82) is 0 Å². The second kappa shape index (κ2) is 8.88. The number of nitrogens with one attached hydrogen (secondary N) is 2. The molecule has 0 saturated carbocycles. The van der Waals surface area contributed by atoms with Crippen molar-refractivity contribution < 1.29 is 19.0 Å². The Kier molecular flexibility index (Phi) is 6.57. The van der Waals surface area contributed by atoms with E-state index in [-0.39, 0.29) is 18.4 Å². The van der Waals surface area contributed by atoms with E-state index in [1.54, 1.807) is 7.11 Å². The molecule has 0 aliphatic rings. The summed E-state index contributed by atoms with van der Waals surface area (Å²) in [6.45, 7) is 0.516. The zero-order valence-corrected chi connectivity index (χ0v) is 13.5. The van der Waals surface area contributed by atoms with Gasteiger partial charge in [-0.25, -0.2) is 9.18 Å². The average molecular weight is 332 g/mol. The number of urea groups is 1. The minimum Gasteiger partial charge on any atom is -0.497 e. The third kappa shape index (κ3) is 5.55. The van der Waals surface area contributed by atoms with E-state index >= 15 is 0 Å². The van der Waals surface area contributed by atoms with E-state index in [1.165, 1.54) is 24.3 Å². The summed E-state index contributed by atoms with van der Waals surface area (Å²) >= 11 is 0. The lowest BCUT2D eigenvalue weighted by Crippen LogP contribution is -2.38. The van der Waals surface area contributed by atoms with Gasteiger partial charge >= 0.3 is 6.03 Å². The van der Waals surface area contributed by atoms with Crippen molar-refractivity contribution >= 4 is 6.03 Å². The monoisotopic (exact) mass is 332 g/mol. The van der Waals surface area contributed by atoms with Crippen molar-refractivity contribution in [1.82, 2.24) is 10.6 Å². The fourth-order valence-corrected chi connectivity index (χ4v) is 2.20. The molecule has 24 heavy (non-hydrogen) atoms. The molecule has 5 nitrogen and oxygen atoms in total. The molecule has 0 fully saturated rings. The van der Waals surface area contributed by atoms with E-state index in [1.807, 2.05) is 24.3 Å². The van der Waals surface area contributed by atoms with Gasteiger partial charge in [-0.05, 0) is 41.8 Å². The van der Waals surface area contributed by atoms with Gasteiger partial charge < -0.3 is 20.5 Å². The van der Waals surface area contributed by atoms with Gasteiger partial charge in [0.05, 0.1) is 13.2 Å². The van der Waals surface area contributed by atoms with Crippen LogP contribution in [0, 0.1) is 5.82 Å². The van der Waals surface area contributed by atoms with E-state index in [4.69, 9.17) is 4.74 Å². The van der Waals surface area contributed by atoms with Gasteiger partial charge in [-0.1, -0.05) is 24.3 Å². The van der Waals surface area contributed by atoms with Gasteiger partial charge in [0, 0.05) is 13.1 Å². The second-order valence-electron chi connectivity index (χ2n) is 5.31. The summed E-state index contributed by atoms with van der Waals surface area (Å²) < 4.78 is 18.0. The Labute approximate surface area is 140 Å². The quantitative estimate of drug-likeness (QED) is 0.729. The van der Waals surface area contributed by atoms with Crippen LogP contribution in [-0.4, -0.2) is 31.3 Å². The Balaban J connectivity index is 1.70. The zero-order chi connectivity index (χ0) is 17.4. The first kappa shape index (κ1) is 17.7. The summed E-state index contributed by atoms with van der Waals surface area (Å²) in [7, 11) is 1.61. The van der Waals surface area contributed by atoms with Crippen LogP contribution in [0.3, 0.4) is 0 Å². The molecule has 2 rings (SSSR count). The Morgan fingerprint density at radius 3 is 2.67 bits per heavy atom. The van der Waals surface area contributed by atoms with Gasteiger partial charge in [0.25, 0.3) is 0 Å². The zero-order valence-electron chi connectivity index (χ0n) is 13.5. The van der Waals surface area contributed by atoms with Crippen LogP contribution in [0.5, 0.6) is 5.75 Å². The lowest BCUT2D eigenvalue weighted by Gasteiger charge is -2.13. The number of rotatable bonds is 7. The number of amides is 2. The summed E-state index contributed by atoms with van der Waals surface area (Å²) in [5.41, 5.74) is 1.61. The number of hydrogen-bond acceptors (Lipinski definition) is 3.